The predicted octanol–water partition coefficient (Wildman–Crippen LogP) is 1.16. The molecule has 0 aromatic carbocycles. The standard InChI is InChI=1S/C16H25NO3/c1-10-6-16(20)15(7-11-3-2-4-17(16)9-11)8-12(18)5-13(15)14(10)19/h10-11,13-14,19-20H,2-9H2,1H3/t10-,11?,13?,14+,15?,16-/m0/s1. The first kappa shape index (κ1) is 13.2. The second-order valence-corrected chi connectivity index (χ2v) is 7.83. The Hall–Kier alpha value is -0.450. The fraction of sp³-hybridized carbons (Fsp3) is 0.938. The normalized spacial score (nSPS) is 58.1. The van der Waals surface area contributed by atoms with Gasteiger partial charge in [-0.1, -0.05) is 6.92 Å². The van der Waals surface area contributed by atoms with Crippen molar-refractivity contribution in [2.24, 2.45) is 23.2 Å². The van der Waals surface area contributed by atoms with Crippen molar-refractivity contribution in [3.05, 3.63) is 0 Å². The van der Waals surface area contributed by atoms with E-state index in [0.29, 0.717) is 25.2 Å². The molecule has 0 amide bonds. The average molecular weight is 279 g/mol. The van der Waals surface area contributed by atoms with Gasteiger partial charge >= 0.3 is 0 Å². The molecule has 20 heavy (non-hydrogen) atoms. The molecule has 2 N–H and O–H groups in total. The number of aliphatic hydroxyl groups is 2. The summed E-state index contributed by atoms with van der Waals surface area (Å²) >= 11 is 0. The molecule has 4 nitrogen and oxygen atoms in total. The molecular weight excluding hydrogens is 254 g/mol. The van der Waals surface area contributed by atoms with Crippen molar-refractivity contribution in [3.63, 3.8) is 0 Å². The summed E-state index contributed by atoms with van der Waals surface area (Å²) in [7, 11) is 0. The van der Waals surface area contributed by atoms with Crippen LogP contribution in [0.5, 0.6) is 0 Å². The molecule has 1 spiro atoms. The molecule has 0 aromatic heterocycles. The van der Waals surface area contributed by atoms with Gasteiger partial charge in [0.15, 0.2) is 0 Å². The quantitative estimate of drug-likeness (QED) is 0.698. The van der Waals surface area contributed by atoms with Gasteiger partial charge in [0.1, 0.15) is 11.5 Å². The maximum Gasteiger partial charge on any atom is 0.134 e. The Bertz CT molecular complexity index is 453. The lowest BCUT2D eigenvalue weighted by Gasteiger charge is -2.64. The van der Waals surface area contributed by atoms with E-state index in [1.54, 1.807) is 0 Å². The van der Waals surface area contributed by atoms with Gasteiger partial charge in [-0.15, -0.1) is 0 Å². The SMILES string of the molecule is C[C@H]1C[C@@]2(O)N3CCCC(C3)CC23CC(=O)CC3[C@@H]1O. The molecule has 4 heteroatoms. The molecule has 2 aliphatic carbocycles. The Morgan fingerprint density at radius 1 is 1.35 bits per heavy atom. The highest BCUT2D eigenvalue weighted by atomic mass is 16.3. The number of fused-ring (bicyclic) bond motifs is 3. The van der Waals surface area contributed by atoms with Gasteiger partial charge in [-0.05, 0) is 37.5 Å². The van der Waals surface area contributed by atoms with Gasteiger partial charge in [-0.2, -0.15) is 0 Å². The number of carbonyl (C=O) groups is 1. The van der Waals surface area contributed by atoms with E-state index < -0.39 is 11.8 Å². The second-order valence-electron chi connectivity index (χ2n) is 7.83. The Kier molecular flexibility index (Phi) is 2.68. The Labute approximate surface area is 120 Å². The first-order chi connectivity index (χ1) is 9.46. The summed E-state index contributed by atoms with van der Waals surface area (Å²) in [6, 6.07) is 0. The molecule has 2 saturated heterocycles. The van der Waals surface area contributed by atoms with Crippen LogP contribution in [-0.2, 0) is 4.79 Å². The van der Waals surface area contributed by atoms with Crippen molar-refractivity contribution in [3.8, 4) is 0 Å². The number of piperidine rings is 2. The van der Waals surface area contributed by atoms with E-state index in [0.717, 1.165) is 25.9 Å². The summed E-state index contributed by atoms with van der Waals surface area (Å²) in [5.41, 5.74) is -1.24. The predicted molar refractivity (Wildman–Crippen MR) is 73.8 cm³/mol. The molecule has 112 valence electrons. The van der Waals surface area contributed by atoms with Gasteiger partial charge in [-0.25, -0.2) is 0 Å². The number of rotatable bonds is 0. The zero-order chi connectivity index (χ0) is 14.1. The smallest absolute Gasteiger partial charge is 0.134 e. The first-order valence-electron chi connectivity index (χ1n) is 8.13. The van der Waals surface area contributed by atoms with Crippen LogP contribution in [0.3, 0.4) is 0 Å². The van der Waals surface area contributed by atoms with Crippen molar-refractivity contribution >= 4 is 5.78 Å². The van der Waals surface area contributed by atoms with Crippen LogP contribution in [0.1, 0.15) is 45.4 Å². The van der Waals surface area contributed by atoms with Gasteiger partial charge < -0.3 is 10.2 Å². The van der Waals surface area contributed by atoms with Gasteiger partial charge in [0, 0.05) is 37.3 Å². The van der Waals surface area contributed by atoms with E-state index >= 15 is 0 Å². The number of carbonyl (C=O) groups excluding carboxylic acids is 1. The minimum Gasteiger partial charge on any atom is -0.393 e. The van der Waals surface area contributed by atoms with Crippen LogP contribution in [0.15, 0.2) is 0 Å². The second kappa shape index (κ2) is 4.05. The van der Waals surface area contributed by atoms with Crippen molar-refractivity contribution in [2.45, 2.75) is 57.3 Å². The highest BCUT2D eigenvalue weighted by Gasteiger charge is 2.69. The molecule has 7 atom stereocenters. The minimum absolute atomic E-state index is 0.0350. The third kappa shape index (κ3) is 1.45. The Balaban J connectivity index is 1.83. The van der Waals surface area contributed by atoms with E-state index in [-0.39, 0.29) is 23.0 Å². The molecule has 0 aromatic rings. The van der Waals surface area contributed by atoms with Gasteiger partial charge in [0.25, 0.3) is 0 Å². The lowest BCUT2D eigenvalue weighted by atomic mass is 9.52. The van der Waals surface area contributed by atoms with Crippen LogP contribution in [0, 0.1) is 23.2 Å². The van der Waals surface area contributed by atoms with E-state index in [1.165, 1.54) is 6.42 Å². The van der Waals surface area contributed by atoms with Crippen molar-refractivity contribution in [1.29, 1.82) is 0 Å². The molecule has 2 saturated carbocycles. The van der Waals surface area contributed by atoms with Crippen LogP contribution >= 0.6 is 0 Å². The molecule has 4 rings (SSSR count). The zero-order valence-corrected chi connectivity index (χ0v) is 12.2. The summed E-state index contributed by atoms with van der Waals surface area (Å²) in [5.74, 6) is 0.871. The zero-order valence-electron chi connectivity index (χ0n) is 12.2. The fourth-order valence-corrected chi connectivity index (χ4v) is 5.97. The average Bonchev–Trinajstić information content (AvgIpc) is 2.74. The topological polar surface area (TPSA) is 60.8 Å². The summed E-state index contributed by atoms with van der Waals surface area (Å²) < 4.78 is 0. The largest absolute Gasteiger partial charge is 0.393 e. The lowest BCUT2D eigenvalue weighted by molar-refractivity contribution is -0.293. The van der Waals surface area contributed by atoms with Crippen LogP contribution < -0.4 is 0 Å². The number of ketones is 1. The summed E-state index contributed by atoms with van der Waals surface area (Å²) in [4.78, 5) is 14.4. The summed E-state index contributed by atoms with van der Waals surface area (Å²) in [6.07, 6.45) is 4.42. The molecule has 0 radical (unpaired) electrons. The number of Topliss-reactive ketones (excluding diaryl/α,β-unsaturated/α-hetero) is 1. The molecule has 2 heterocycles. The van der Waals surface area contributed by atoms with E-state index in [2.05, 4.69) is 4.90 Å². The third-order valence-electron chi connectivity index (χ3n) is 6.76. The van der Waals surface area contributed by atoms with Crippen molar-refractivity contribution in [2.75, 3.05) is 13.1 Å². The Morgan fingerprint density at radius 3 is 2.95 bits per heavy atom. The molecule has 4 unspecified atom stereocenters. The lowest BCUT2D eigenvalue weighted by Crippen LogP contribution is -2.72. The van der Waals surface area contributed by atoms with Crippen LogP contribution in [-0.4, -0.2) is 45.8 Å². The van der Waals surface area contributed by atoms with E-state index in [4.69, 9.17) is 0 Å². The number of hydrogen-bond donors (Lipinski definition) is 2. The highest BCUT2D eigenvalue weighted by Crippen LogP contribution is 2.64. The monoisotopic (exact) mass is 279 g/mol. The van der Waals surface area contributed by atoms with Crippen LogP contribution in [0.25, 0.3) is 0 Å². The third-order valence-corrected chi connectivity index (χ3v) is 6.76. The summed E-state index contributed by atoms with van der Waals surface area (Å²) in [6.45, 7) is 3.94. The number of hydrogen-bond acceptors (Lipinski definition) is 4. The highest BCUT2D eigenvalue weighted by molar-refractivity contribution is 5.82. The molecule has 4 fully saturated rings. The molecule has 2 aliphatic heterocycles. The van der Waals surface area contributed by atoms with Gasteiger partial charge in [0.05, 0.1) is 6.10 Å². The van der Waals surface area contributed by atoms with Crippen LogP contribution in [0.2, 0.25) is 0 Å². The van der Waals surface area contributed by atoms with E-state index in [9.17, 15) is 15.0 Å². The van der Waals surface area contributed by atoms with Crippen molar-refractivity contribution < 1.29 is 15.0 Å². The fourth-order valence-electron chi connectivity index (χ4n) is 5.97. The number of nitrogens with zero attached hydrogens (tertiary/aromatic N) is 1. The Morgan fingerprint density at radius 2 is 2.15 bits per heavy atom. The molecule has 4 aliphatic rings. The maximum atomic E-state index is 12.1. The van der Waals surface area contributed by atoms with E-state index in [1.807, 2.05) is 6.92 Å². The van der Waals surface area contributed by atoms with Gasteiger partial charge in [-0.3, -0.25) is 9.69 Å². The maximum absolute atomic E-state index is 12.1. The van der Waals surface area contributed by atoms with Crippen molar-refractivity contribution in [1.82, 2.24) is 4.90 Å². The first-order valence-corrected chi connectivity index (χ1v) is 8.13. The summed E-state index contributed by atoms with van der Waals surface area (Å²) in [5, 5.41) is 22.1. The molecular formula is C16H25NO3. The van der Waals surface area contributed by atoms with Gasteiger partial charge in [0.2, 0.25) is 0 Å². The van der Waals surface area contributed by atoms with Crippen LogP contribution in [0.4, 0.5) is 0 Å². The number of aliphatic hydroxyl groups excluding tert-OH is 1. The molecule has 2 bridgehead atoms. The minimum atomic E-state index is -0.862.